The second-order valence-electron chi connectivity index (χ2n) is 10.0. The zero-order valence-electron chi connectivity index (χ0n) is 21.9. The number of hydrogen-bond donors (Lipinski definition) is 0. The lowest BCUT2D eigenvalue weighted by molar-refractivity contribution is 0.310. The number of nitrogens with zero attached hydrogens (tertiary/aromatic N) is 2. The summed E-state index contributed by atoms with van der Waals surface area (Å²) >= 11 is 0. The van der Waals surface area contributed by atoms with Gasteiger partial charge in [0.15, 0.2) is 0 Å². The quantitative estimate of drug-likeness (QED) is 0.306. The highest BCUT2D eigenvalue weighted by Gasteiger charge is 2.28. The third-order valence-corrected chi connectivity index (χ3v) is 7.11. The minimum atomic E-state index is 0.143. The summed E-state index contributed by atoms with van der Waals surface area (Å²) in [7, 11) is 0. The molecule has 0 N–H and O–H groups in total. The third kappa shape index (κ3) is 4.40. The molecule has 3 nitrogen and oxygen atoms in total. The van der Waals surface area contributed by atoms with Gasteiger partial charge in [-0.3, -0.25) is 0 Å². The van der Waals surface area contributed by atoms with Crippen LogP contribution in [0.5, 0.6) is 0 Å². The van der Waals surface area contributed by atoms with E-state index in [9.17, 15) is 0 Å². The van der Waals surface area contributed by atoms with Gasteiger partial charge in [-0.2, -0.15) is 0 Å². The summed E-state index contributed by atoms with van der Waals surface area (Å²) in [6, 6.07) is 28.0. The van der Waals surface area contributed by atoms with E-state index in [1.165, 1.54) is 49.8 Å². The van der Waals surface area contributed by atoms with Gasteiger partial charge < -0.3 is 0 Å². The second kappa shape index (κ2) is 9.62. The molecular weight excluding hydrogens is 439 g/mol. The van der Waals surface area contributed by atoms with E-state index in [-0.39, 0.29) is 6.71 Å². The molecule has 0 bridgehead atoms. The van der Waals surface area contributed by atoms with Crippen LogP contribution in [-0.2, 0) is 0 Å². The molecule has 0 spiro atoms. The summed E-state index contributed by atoms with van der Waals surface area (Å²) in [4.78, 5) is 0. The van der Waals surface area contributed by atoms with Gasteiger partial charge >= 0.3 is 0 Å². The summed E-state index contributed by atoms with van der Waals surface area (Å²) in [5.41, 5.74) is 15.4. The molecule has 0 amide bonds. The monoisotopic (exact) mass is 470 g/mol. The molecule has 0 aliphatic carbocycles. The Morgan fingerprint density at radius 3 is 1.39 bits per heavy atom. The van der Waals surface area contributed by atoms with Gasteiger partial charge in [0.05, 0.1) is 0 Å². The zero-order valence-corrected chi connectivity index (χ0v) is 21.9. The Hall–Kier alpha value is -3.92. The lowest BCUT2D eigenvalue weighted by Gasteiger charge is -2.24. The molecular formula is C32H31BN2O. The highest BCUT2D eigenvalue weighted by Crippen LogP contribution is 2.28. The van der Waals surface area contributed by atoms with E-state index in [1.54, 1.807) is 0 Å². The fourth-order valence-electron chi connectivity index (χ4n) is 5.77. The molecule has 0 aliphatic rings. The molecule has 0 aliphatic heterocycles. The van der Waals surface area contributed by atoms with Crippen LogP contribution in [0.2, 0.25) is 0 Å². The van der Waals surface area contributed by atoms with Crippen LogP contribution in [0.4, 0.5) is 0 Å². The van der Waals surface area contributed by atoms with Gasteiger partial charge in [-0.1, -0.05) is 129 Å². The van der Waals surface area contributed by atoms with Gasteiger partial charge in [0.2, 0.25) is 6.71 Å². The molecule has 0 fully saturated rings. The standard InChI is InChI=1S/C32H31BN2O/c1-20-16-22(3)29(23(4)17-20)33(30-24(5)18-21(2)19-25(30)6)28-14-12-27(13-15-28)32-31(34-36-35-32)26-10-8-7-9-11-26/h7-19H,1-6H3. The lowest BCUT2D eigenvalue weighted by Crippen LogP contribution is -2.55. The number of aryl methyl sites for hydroxylation is 6. The van der Waals surface area contributed by atoms with Gasteiger partial charge in [-0.25, -0.2) is 4.63 Å². The Balaban J connectivity index is 1.65. The molecule has 4 aromatic carbocycles. The van der Waals surface area contributed by atoms with Crippen molar-refractivity contribution in [1.29, 1.82) is 0 Å². The van der Waals surface area contributed by atoms with Crippen LogP contribution in [0.25, 0.3) is 22.5 Å². The number of benzene rings is 4. The van der Waals surface area contributed by atoms with Crippen LogP contribution < -0.4 is 16.4 Å². The largest absolute Gasteiger partial charge is 0.243 e. The van der Waals surface area contributed by atoms with E-state index >= 15 is 0 Å². The maximum atomic E-state index is 5.16. The Bertz CT molecular complexity index is 1430. The van der Waals surface area contributed by atoms with Crippen molar-refractivity contribution in [2.24, 2.45) is 0 Å². The van der Waals surface area contributed by atoms with E-state index in [4.69, 9.17) is 4.63 Å². The van der Waals surface area contributed by atoms with Crippen LogP contribution in [-0.4, -0.2) is 17.0 Å². The van der Waals surface area contributed by atoms with E-state index in [1.807, 2.05) is 30.3 Å². The van der Waals surface area contributed by atoms with Gasteiger partial charge in [-0.15, -0.1) is 0 Å². The summed E-state index contributed by atoms with van der Waals surface area (Å²) in [6.07, 6.45) is 0. The molecule has 36 heavy (non-hydrogen) atoms. The number of hydrogen-bond acceptors (Lipinski definition) is 3. The topological polar surface area (TPSA) is 38.9 Å². The number of rotatable bonds is 5. The molecule has 0 saturated carbocycles. The van der Waals surface area contributed by atoms with Crippen molar-refractivity contribution >= 4 is 23.1 Å². The first-order chi connectivity index (χ1) is 17.3. The molecule has 178 valence electrons. The minimum absolute atomic E-state index is 0.143. The van der Waals surface area contributed by atoms with Crippen molar-refractivity contribution in [1.82, 2.24) is 10.3 Å². The maximum Gasteiger partial charge on any atom is 0.242 e. The minimum Gasteiger partial charge on any atom is -0.243 e. The molecule has 4 heteroatoms. The van der Waals surface area contributed by atoms with Crippen LogP contribution >= 0.6 is 0 Å². The van der Waals surface area contributed by atoms with E-state index in [0.717, 1.165) is 22.5 Å². The van der Waals surface area contributed by atoms with Crippen molar-refractivity contribution in [2.45, 2.75) is 41.5 Å². The van der Waals surface area contributed by atoms with Gasteiger partial charge in [-0.05, 0) is 51.9 Å². The van der Waals surface area contributed by atoms with Crippen LogP contribution in [0, 0.1) is 41.5 Å². The normalized spacial score (nSPS) is 11.1. The van der Waals surface area contributed by atoms with Gasteiger partial charge in [0.25, 0.3) is 0 Å². The molecule has 0 unspecified atom stereocenters. The first-order valence-electron chi connectivity index (χ1n) is 12.5. The highest BCUT2D eigenvalue weighted by atomic mass is 16.6. The third-order valence-electron chi connectivity index (χ3n) is 7.11. The molecule has 5 rings (SSSR count). The van der Waals surface area contributed by atoms with Crippen molar-refractivity contribution in [3.05, 3.63) is 112 Å². The summed E-state index contributed by atoms with van der Waals surface area (Å²) in [5.74, 6) is 0. The summed E-state index contributed by atoms with van der Waals surface area (Å²) in [6.45, 7) is 13.4. The van der Waals surface area contributed by atoms with Crippen molar-refractivity contribution in [3.8, 4) is 22.5 Å². The van der Waals surface area contributed by atoms with Crippen molar-refractivity contribution < 1.29 is 4.63 Å². The highest BCUT2D eigenvalue weighted by molar-refractivity contribution is 6.96. The number of aromatic nitrogens is 2. The molecule has 1 heterocycles. The second-order valence-corrected chi connectivity index (χ2v) is 10.0. The average Bonchev–Trinajstić information content (AvgIpc) is 3.33. The van der Waals surface area contributed by atoms with Crippen molar-refractivity contribution in [3.63, 3.8) is 0 Å². The predicted octanol–water partition coefficient (Wildman–Crippen LogP) is 5.77. The van der Waals surface area contributed by atoms with Crippen LogP contribution in [0.15, 0.2) is 83.5 Å². The van der Waals surface area contributed by atoms with Crippen molar-refractivity contribution in [2.75, 3.05) is 0 Å². The molecule has 1 aromatic heterocycles. The molecule has 5 aromatic rings. The lowest BCUT2D eigenvalue weighted by atomic mass is 9.34. The van der Waals surface area contributed by atoms with E-state index < -0.39 is 0 Å². The smallest absolute Gasteiger partial charge is 0.242 e. The van der Waals surface area contributed by atoms with Gasteiger partial charge in [0, 0.05) is 11.1 Å². The first kappa shape index (κ1) is 23.8. The van der Waals surface area contributed by atoms with E-state index in [2.05, 4.69) is 100 Å². The fourth-order valence-corrected chi connectivity index (χ4v) is 5.77. The zero-order chi connectivity index (χ0) is 25.4. The van der Waals surface area contributed by atoms with Crippen LogP contribution in [0.1, 0.15) is 33.4 Å². The average molecular weight is 470 g/mol. The molecule has 0 atom stereocenters. The molecule has 0 saturated heterocycles. The Morgan fingerprint density at radius 1 is 0.528 bits per heavy atom. The van der Waals surface area contributed by atoms with E-state index in [0.29, 0.717) is 0 Å². The summed E-state index contributed by atoms with van der Waals surface area (Å²) < 4.78 is 5.16. The van der Waals surface area contributed by atoms with Crippen LogP contribution in [0.3, 0.4) is 0 Å². The SMILES string of the molecule is Cc1cc(C)c(B(c2ccc(-c3nonc3-c3ccccc3)cc2)c2c(C)cc(C)cc2C)c(C)c1. The van der Waals surface area contributed by atoms with Gasteiger partial charge in [0.1, 0.15) is 11.4 Å². The predicted molar refractivity (Wildman–Crippen MR) is 151 cm³/mol. The fraction of sp³-hybridized carbons (Fsp3) is 0.188. The first-order valence-corrected chi connectivity index (χ1v) is 12.5. The Morgan fingerprint density at radius 2 is 0.944 bits per heavy atom. The summed E-state index contributed by atoms with van der Waals surface area (Å²) in [5, 5.41) is 8.44. The Labute approximate surface area is 214 Å². The molecule has 0 radical (unpaired) electrons. The Kier molecular flexibility index (Phi) is 6.36. The maximum absolute atomic E-state index is 5.16.